The summed E-state index contributed by atoms with van der Waals surface area (Å²) in [4.78, 5) is 29.4. The highest BCUT2D eigenvalue weighted by molar-refractivity contribution is 5.76. The first-order chi connectivity index (χ1) is 16.8. The van der Waals surface area contributed by atoms with E-state index in [0.29, 0.717) is 23.3 Å². The van der Waals surface area contributed by atoms with Crippen LogP contribution in [0.1, 0.15) is 45.0 Å². The Balaban J connectivity index is 1.37. The number of aromatic nitrogens is 7. The fourth-order valence-corrected chi connectivity index (χ4v) is 3.82. The minimum Gasteiger partial charge on any atom is -0.368 e. The molecule has 0 radical (unpaired) electrons. The van der Waals surface area contributed by atoms with Crippen LogP contribution in [0.25, 0.3) is 22.7 Å². The zero-order valence-corrected chi connectivity index (χ0v) is 19.8. The standard InChI is InChI=1S/C24H27N9O2/c1-14(2)24(3,17-4-7-19(26-11-17)15-8-27-23(25)28-9-15)22-31-21(35-32-22)16-10-29-33(12-16)13-20(34)30-18-5-6-18/h4,7-12,14,18H,5-6,13H2,1-3H3,(H,30,34)(H2,25,27,28). The predicted octanol–water partition coefficient (Wildman–Crippen LogP) is 2.61. The first-order valence-electron chi connectivity index (χ1n) is 11.5. The number of nitrogens with zero attached hydrogens (tertiary/aromatic N) is 7. The Morgan fingerprint density at radius 2 is 1.94 bits per heavy atom. The van der Waals surface area contributed by atoms with Crippen molar-refractivity contribution < 1.29 is 9.32 Å². The Morgan fingerprint density at radius 3 is 2.60 bits per heavy atom. The van der Waals surface area contributed by atoms with Crippen LogP contribution in [0.15, 0.2) is 47.6 Å². The molecule has 1 aliphatic rings. The Hall–Kier alpha value is -4.15. The Labute approximate surface area is 202 Å². The normalized spacial score (nSPS) is 15.2. The number of amides is 1. The molecule has 4 heterocycles. The summed E-state index contributed by atoms with van der Waals surface area (Å²) in [6.07, 6.45) is 10.6. The van der Waals surface area contributed by atoms with Gasteiger partial charge in [-0.1, -0.05) is 25.1 Å². The van der Waals surface area contributed by atoms with Crippen molar-refractivity contribution in [3.05, 3.63) is 54.5 Å². The van der Waals surface area contributed by atoms with E-state index in [1.54, 1.807) is 29.5 Å². The smallest absolute Gasteiger partial charge is 0.261 e. The van der Waals surface area contributed by atoms with E-state index in [-0.39, 0.29) is 24.3 Å². The fourth-order valence-electron chi connectivity index (χ4n) is 3.82. The molecule has 5 rings (SSSR count). The summed E-state index contributed by atoms with van der Waals surface area (Å²) in [5, 5.41) is 11.5. The molecule has 11 heteroatoms. The van der Waals surface area contributed by atoms with E-state index < -0.39 is 5.41 Å². The average Bonchev–Trinajstić information content (AvgIpc) is 3.31. The van der Waals surface area contributed by atoms with Crippen molar-refractivity contribution in [2.75, 3.05) is 5.73 Å². The largest absolute Gasteiger partial charge is 0.368 e. The van der Waals surface area contributed by atoms with Crippen molar-refractivity contribution >= 4 is 11.9 Å². The van der Waals surface area contributed by atoms with Gasteiger partial charge in [-0.2, -0.15) is 10.1 Å². The maximum atomic E-state index is 12.1. The number of pyridine rings is 1. The molecule has 0 aliphatic heterocycles. The lowest BCUT2D eigenvalue weighted by atomic mass is 9.73. The molecule has 3 N–H and O–H groups in total. The first kappa shape index (κ1) is 22.6. The molecule has 180 valence electrons. The molecule has 1 aliphatic carbocycles. The van der Waals surface area contributed by atoms with Crippen LogP contribution in [0, 0.1) is 5.92 Å². The van der Waals surface area contributed by atoms with Crippen LogP contribution in [0.5, 0.6) is 0 Å². The second-order valence-corrected chi connectivity index (χ2v) is 9.31. The number of nitrogens with two attached hydrogens (primary N) is 1. The number of rotatable bonds is 8. The van der Waals surface area contributed by atoms with Gasteiger partial charge in [0.05, 0.1) is 22.9 Å². The van der Waals surface area contributed by atoms with Gasteiger partial charge >= 0.3 is 0 Å². The zero-order valence-electron chi connectivity index (χ0n) is 19.8. The van der Waals surface area contributed by atoms with Gasteiger partial charge in [-0.3, -0.25) is 14.5 Å². The number of carbonyl (C=O) groups is 1. The van der Waals surface area contributed by atoms with Crippen LogP contribution in [-0.4, -0.2) is 46.8 Å². The van der Waals surface area contributed by atoms with Crippen LogP contribution in [0.3, 0.4) is 0 Å². The summed E-state index contributed by atoms with van der Waals surface area (Å²) in [6, 6.07) is 4.24. The van der Waals surface area contributed by atoms with Crippen LogP contribution in [0.4, 0.5) is 5.95 Å². The Bertz CT molecular complexity index is 1320. The maximum Gasteiger partial charge on any atom is 0.261 e. The van der Waals surface area contributed by atoms with Gasteiger partial charge in [-0.05, 0) is 37.3 Å². The molecule has 1 saturated carbocycles. The van der Waals surface area contributed by atoms with Crippen molar-refractivity contribution in [1.82, 2.24) is 40.2 Å². The number of nitrogens with one attached hydrogen (secondary N) is 1. The highest BCUT2D eigenvalue weighted by atomic mass is 16.5. The third-order valence-electron chi connectivity index (χ3n) is 6.50. The Kier molecular flexibility index (Phi) is 5.75. The SMILES string of the molecule is CC(C)C(C)(c1ccc(-c2cnc(N)nc2)nc1)c1noc(-c2cnn(CC(=O)NC3CC3)c2)n1. The van der Waals surface area contributed by atoms with Gasteiger partial charge in [0.15, 0.2) is 5.82 Å². The molecule has 0 aromatic carbocycles. The molecule has 0 saturated heterocycles. The highest BCUT2D eigenvalue weighted by Gasteiger charge is 2.38. The molecule has 0 spiro atoms. The fraction of sp³-hybridized carbons (Fsp3) is 0.375. The third kappa shape index (κ3) is 4.61. The average molecular weight is 474 g/mol. The molecule has 1 atom stereocenters. The summed E-state index contributed by atoms with van der Waals surface area (Å²) >= 11 is 0. The van der Waals surface area contributed by atoms with Gasteiger partial charge in [0.25, 0.3) is 5.89 Å². The molecule has 35 heavy (non-hydrogen) atoms. The van der Waals surface area contributed by atoms with Gasteiger partial charge in [0.1, 0.15) is 6.54 Å². The van der Waals surface area contributed by atoms with Gasteiger partial charge in [-0.25, -0.2) is 9.97 Å². The van der Waals surface area contributed by atoms with Crippen molar-refractivity contribution in [3.8, 4) is 22.7 Å². The van der Waals surface area contributed by atoms with Crippen LogP contribution in [-0.2, 0) is 16.8 Å². The summed E-state index contributed by atoms with van der Waals surface area (Å²) in [5.74, 6) is 1.21. The maximum absolute atomic E-state index is 12.1. The lowest BCUT2D eigenvalue weighted by Gasteiger charge is -2.30. The monoisotopic (exact) mass is 473 g/mol. The van der Waals surface area contributed by atoms with Crippen LogP contribution in [0.2, 0.25) is 0 Å². The van der Waals surface area contributed by atoms with Crippen molar-refractivity contribution in [3.63, 3.8) is 0 Å². The van der Waals surface area contributed by atoms with Crippen molar-refractivity contribution in [1.29, 1.82) is 0 Å². The highest BCUT2D eigenvalue weighted by Crippen LogP contribution is 2.38. The molecule has 0 bridgehead atoms. The molecular formula is C24H27N9O2. The van der Waals surface area contributed by atoms with E-state index in [1.807, 2.05) is 18.3 Å². The molecule has 1 unspecified atom stereocenters. The quantitative estimate of drug-likeness (QED) is 0.393. The third-order valence-corrected chi connectivity index (χ3v) is 6.50. The minimum atomic E-state index is -0.551. The number of hydrogen-bond donors (Lipinski definition) is 2. The van der Waals surface area contributed by atoms with Gasteiger partial charge in [0, 0.05) is 36.4 Å². The first-order valence-corrected chi connectivity index (χ1v) is 11.5. The minimum absolute atomic E-state index is 0.0535. The second kappa shape index (κ2) is 8.90. The van der Waals surface area contributed by atoms with Gasteiger partial charge in [0.2, 0.25) is 11.9 Å². The topological polar surface area (TPSA) is 151 Å². The second-order valence-electron chi connectivity index (χ2n) is 9.31. The molecule has 1 amide bonds. The van der Waals surface area contributed by atoms with Gasteiger partial charge in [-0.15, -0.1) is 0 Å². The lowest BCUT2D eigenvalue weighted by Crippen LogP contribution is -2.31. The van der Waals surface area contributed by atoms with E-state index >= 15 is 0 Å². The molecule has 4 aromatic heterocycles. The van der Waals surface area contributed by atoms with E-state index in [1.165, 1.54) is 0 Å². The van der Waals surface area contributed by atoms with E-state index in [9.17, 15) is 4.79 Å². The number of hydrogen-bond acceptors (Lipinski definition) is 9. The van der Waals surface area contributed by atoms with E-state index in [0.717, 1.165) is 29.7 Å². The number of carbonyl (C=O) groups excluding carboxylic acids is 1. The number of nitrogen functional groups attached to an aromatic ring is 1. The summed E-state index contributed by atoms with van der Waals surface area (Å²) in [5.41, 5.74) is 8.16. The predicted molar refractivity (Wildman–Crippen MR) is 128 cm³/mol. The van der Waals surface area contributed by atoms with Gasteiger partial charge < -0.3 is 15.6 Å². The van der Waals surface area contributed by atoms with E-state index in [2.05, 4.69) is 51.3 Å². The molecule has 11 nitrogen and oxygen atoms in total. The molecule has 1 fully saturated rings. The summed E-state index contributed by atoms with van der Waals surface area (Å²) < 4.78 is 7.17. The Morgan fingerprint density at radius 1 is 1.17 bits per heavy atom. The lowest BCUT2D eigenvalue weighted by molar-refractivity contribution is -0.122. The molecular weight excluding hydrogens is 446 g/mol. The van der Waals surface area contributed by atoms with Crippen molar-refractivity contribution in [2.24, 2.45) is 5.92 Å². The zero-order chi connectivity index (χ0) is 24.6. The van der Waals surface area contributed by atoms with Crippen molar-refractivity contribution in [2.45, 2.75) is 51.6 Å². The molecule has 4 aromatic rings. The summed E-state index contributed by atoms with van der Waals surface area (Å²) in [7, 11) is 0. The number of anilines is 1. The summed E-state index contributed by atoms with van der Waals surface area (Å²) in [6.45, 7) is 6.43. The van der Waals surface area contributed by atoms with Crippen LogP contribution >= 0.6 is 0 Å². The van der Waals surface area contributed by atoms with E-state index in [4.69, 9.17) is 15.2 Å². The van der Waals surface area contributed by atoms with Crippen LogP contribution < -0.4 is 11.1 Å².